The normalized spacial score (nSPS) is 10.3. The highest BCUT2D eigenvalue weighted by molar-refractivity contribution is 5.76. The van der Waals surface area contributed by atoms with Crippen LogP contribution in [-0.4, -0.2) is 9.55 Å². The lowest BCUT2D eigenvalue weighted by Crippen LogP contribution is -2.07. The molecule has 0 unspecified atom stereocenters. The van der Waals surface area contributed by atoms with Crippen molar-refractivity contribution in [2.45, 2.75) is 0 Å². The van der Waals surface area contributed by atoms with Gasteiger partial charge in [-0.25, -0.2) is 4.98 Å². The van der Waals surface area contributed by atoms with E-state index in [4.69, 9.17) is 6.42 Å². The molecule has 3 aromatic rings. The zero-order valence-electron chi connectivity index (χ0n) is 10.1. The predicted octanol–water partition coefficient (Wildman–Crippen LogP) is 2.37. The maximum atomic E-state index is 11.8. The minimum atomic E-state index is -0.0348. The molecule has 3 heteroatoms. The molecule has 0 saturated heterocycles. The van der Waals surface area contributed by atoms with Gasteiger partial charge < -0.3 is 4.57 Å². The Morgan fingerprint density at radius 2 is 2.05 bits per heavy atom. The van der Waals surface area contributed by atoms with Gasteiger partial charge in [-0.1, -0.05) is 12.0 Å². The van der Waals surface area contributed by atoms with E-state index in [0.29, 0.717) is 11.0 Å². The van der Waals surface area contributed by atoms with Gasteiger partial charge in [0.1, 0.15) is 5.65 Å². The standard InChI is InChI=1S/C16H10N2O/c1-2-12-5-3-6-13(11-12)18-10-8-15(19)14-7-4-9-17-16(14)18/h1,3-11H. The molecule has 0 radical (unpaired) electrons. The number of nitrogens with zero attached hydrogens (tertiary/aromatic N) is 2. The van der Waals surface area contributed by atoms with Crippen LogP contribution in [0.3, 0.4) is 0 Å². The molecule has 0 N–H and O–H groups in total. The van der Waals surface area contributed by atoms with Crippen LogP contribution < -0.4 is 5.43 Å². The van der Waals surface area contributed by atoms with Gasteiger partial charge in [0.25, 0.3) is 0 Å². The first-order valence-corrected chi connectivity index (χ1v) is 5.83. The number of fused-ring (bicyclic) bond motifs is 1. The molecule has 2 heterocycles. The molecule has 0 aliphatic rings. The van der Waals surface area contributed by atoms with Crippen LogP contribution in [0.2, 0.25) is 0 Å². The first-order chi connectivity index (χ1) is 9.29. The minimum Gasteiger partial charge on any atom is -0.301 e. The van der Waals surface area contributed by atoms with Crippen molar-refractivity contribution in [3.8, 4) is 18.0 Å². The average Bonchev–Trinajstić information content (AvgIpc) is 2.48. The fourth-order valence-corrected chi connectivity index (χ4v) is 2.04. The first-order valence-electron chi connectivity index (χ1n) is 5.83. The fraction of sp³-hybridized carbons (Fsp3) is 0. The van der Waals surface area contributed by atoms with E-state index in [2.05, 4.69) is 10.9 Å². The van der Waals surface area contributed by atoms with E-state index in [1.165, 1.54) is 6.07 Å². The van der Waals surface area contributed by atoms with E-state index in [1.807, 2.05) is 28.8 Å². The van der Waals surface area contributed by atoms with Crippen LogP contribution >= 0.6 is 0 Å². The highest BCUT2D eigenvalue weighted by Gasteiger charge is 2.05. The summed E-state index contributed by atoms with van der Waals surface area (Å²) >= 11 is 0. The first kappa shape index (κ1) is 11.2. The second-order valence-corrected chi connectivity index (χ2v) is 4.12. The smallest absolute Gasteiger partial charge is 0.191 e. The molecule has 0 spiro atoms. The van der Waals surface area contributed by atoms with Crippen molar-refractivity contribution in [2.75, 3.05) is 0 Å². The number of terminal acetylenes is 1. The quantitative estimate of drug-likeness (QED) is 0.618. The third kappa shape index (κ3) is 1.90. The molecule has 0 aliphatic carbocycles. The van der Waals surface area contributed by atoms with Gasteiger partial charge in [-0.05, 0) is 30.3 Å². The van der Waals surface area contributed by atoms with Gasteiger partial charge in [0.05, 0.1) is 5.39 Å². The lowest BCUT2D eigenvalue weighted by atomic mass is 10.2. The molecule has 0 saturated carbocycles. The molecule has 0 bridgehead atoms. The van der Waals surface area contributed by atoms with Crippen molar-refractivity contribution < 1.29 is 0 Å². The average molecular weight is 246 g/mol. The minimum absolute atomic E-state index is 0.0348. The predicted molar refractivity (Wildman–Crippen MR) is 75.3 cm³/mol. The fourth-order valence-electron chi connectivity index (χ4n) is 2.04. The lowest BCUT2D eigenvalue weighted by molar-refractivity contribution is 1.06. The van der Waals surface area contributed by atoms with Gasteiger partial charge in [0, 0.05) is 29.7 Å². The summed E-state index contributed by atoms with van der Waals surface area (Å²) in [4.78, 5) is 16.1. The third-order valence-electron chi connectivity index (χ3n) is 2.95. The molecule has 3 rings (SSSR count). The van der Waals surface area contributed by atoms with Crippen LogP contribution in [0.15, 0.2) is 59.7 Å². The number of hydrogen-bond donors (Lipinski definition) is 0. The van der Waals surface area contributed by atoms with Gasteiger partial charge in [0.15, 0.2) is 5.43 Å². The van der Waals surface area contributed by atoms with Crippen LogP contribution in [0.4, 0.5) is 0 Å². The van der Waals surface area contributed by atoms with Crippen molar-refractivity contribution >= 4 is 11.0 Å². The van der Waals surface area contributed by atoms with Crippen LogP contribution in [-0.2, 0) is 0 Å². The monoisotopic (exact) mass is 246 g/mol. The zero-order valence-corrected chi connectivity index (χ0v) is 10.1. The molecule has 3 nitrogen and oxygen atoms in total. The Balaban J connectivity index is 2.34. The summed E-state index contributed by atoms with van der Waals surface area (Å²) in [6.07, 6.45) is 8.79. The Labute approximate surface area is 110 Å². The van der Waals surface area contributed by atoms with Crippen LogP contribution in [0.25, 0.3) is 16.7 Å². The second-order valence-electron chi connectivity index (χ2n) is 4.12. The lowest BCUT2D eigenvalue weighted by Gasteiger charge is -2.09. The molecular formula is C16H10N2O. The van der Waals surface area contributed by atoms with Gasteiger partial charge in [0.2, 0.25) is 0 Å². The highest BCUT2D eigenvalue weighted by atomic mass is 16.1. The second kappa shape index (κ2) is 4.43. The molecule has 2 aromatic heterocycles. The maximum Gasteiger partial charge on any atom is 0.191 e. The summed E-state index contributed by atoms with van der Waals surface area (Å²) in [5.74, 6) is 2.60. The summed E-state index contributed by atoms with van der Waals surface area (Å²) in [5.41, 5.74) is 2.27. The highest BCUT2D eigenvalue weighted by Crippen LogP contribution is 2.15. The van der Waals surface area contributed by atoms with Crippen LogP contribution in [0.1, 0.15) is 5.56 Å². The van der Waals surface area contributed by atoms with Crippen molar-refractivity contribution in [2.24, 2.45) is 0 Å². The number of rotatable bonds is 1. The van der Waals surface area contributed by atoms with Gasteiger partial charge in [-0.3, -0.25) is 4.79 Å². The van der Waals surface area contributed by atoms with E-state index in [1.54, 1.807) is 24.5 Å². The molecule has 0 atom stereocenters. The SMILES string of the molecule is C#Cc1cccc(-n2ccc(=O)c3cccnc32)c1. The van der Waals surface area contributed by atoms with Crippen molar-refractivity contribution in [1.29, 1.82) is 0 Å². The largest absolute Gasteiger partial charge is 0.301 e. The molecule has 0 amide bonds. The van der Waals surface area contributed by atoms with E-state index in [-0.39, 0.29) is 5.43 Å². The van der Waals surface area contributed by atoms with Gasteiger partial charge in [-0.15, -0.1) is 6.42 Å². The zero-order chi connectivity index (χ0) is 13.2. The Bertz CT molecular complexity index is 856. The number of benzene rings is 1. The van der Waals surface area contributed by atoms with E-state index in [0.717, 1.165) is 11.3 Å². The Hall–Kier alpha value is -2.86. The van der Waals surface area contributed by atoms with E-state index in [9.17, 15) is 4.79 Å². The van der Waals surface area contributed by atoms with Crippen molar-refractivity contribution in [3.05, 3.63) is 70.6 Å². The number of pyridine rings is 2. The molecule has 90 valence electrons. The molecule has 1 aromatic carbocycles. The summed E-state index contributed by atoms with van der Waals surface area (Å²) < 4.78 is 1.86. The van der Waals surface area contributed by atoms with Crippen molar-refractivity contribution in [1.82, 2.24) is 9.55 Å². The van der Waals surface area contributed by atoms with E-state index < -0.39 is 0 Å². The maximum absolute atomic E-state index is 11.8. The summed E-state index contributed by atoms with van der Waals surface area (Å²) in [6, 6.07) is 12.6. The number of hydrogen-bond acceptors (Lipinski definition) is 2. The molecule has 0 aliphatic heterocycles. The summed E-state index contributed by atoms with van der Waals surface area (Å²) in [6.45, 7) is 0. The Morgan fingerprint density at radius 3 is 2.89 bits per heavy atom. The molecule has 0 fully saturated rings. The topological polar surface area (TPSA) is 34.9 Å². The van der Waals surface area contributed by atoms with Gasteiger partial charge in [-0.2, -0.15) is 0 Å². The van der Waals surface area contributed by atoms with Crippen LogP contribution in [0, 0.1) is 12.3 Å². The Morgan fingerprint density at radius 1 is 1.16 bits per heavy atom. The molecular weight excluding hydrogens is 236 g/mol. The van der Waals surface area contributed by atoms with Crippen LogP contribution in [0.5, 0.6) is 0 Å². The summed E-state index contributed by atoms with van der Waals surface area (Å²) in [7, 11) is 0. The summed E-state index contributed by atoms with van der Waals surface area (Å²) in [5, 5.41) is 0.594. The van der Waals surface area contributed by atoms with Gasteiger partial charge >= 0.3 is 0 Å². The Kier molecular flexibility index (Phi) is 2.62. The van der Waals surface area contributed by atoms with E-state index >= 15 is 0 Å². The van der Waals surface area contributed by atoms with Crippen molar-refractivity contribution in [3.63, 3.8) is 0 Å². The number of aromatic nitrogens is 2. The third-order valence-corrected chi connectivity index (χ3v) is 2.95. The molecule has 19 heavy (non-hydrogen) atoms.